The van der Waals surface area contributed by atoms with Gasteiger partial charge in [0.1, 0.15) is 10.8 Å². The number of thiophene rings is 1. The van der Waals surface area contributed by atoms with Crippen LogP contribution in [0.15, 0.2) is 63.2 Å². The SMILES string of the molecule is O=C(c1cc(-c2ccccc2)on1)N1CCC(Cc2n[nH]c(=O)n2-c2cccs2)CC1. The molecule has 1 aliphatic heterocycles. The second-order valence-electron chi connectivity index (χ2n) is 7.61. The summed E-state index contributed by atoms with van der Waals surface area (Å²) in [6.07, 6.45) is 2.39. The first-order chi connectivity index (χ1) is 15.2. The molecule has 0 atom stereocenters. The van der Waals surface area contributed by atoms with Gasteiger partial charge in [0.15, 0.2) is 11.5 Å². The van der Waals surface area contributed by atoms with Gasteiger partial charge in [-0.25, -0.2) is 14.5 Å². The van der Waals surface area contributed by atoms with Gasteiger partial charge in [0, 0.05) is 31.1 Å². The van der Waals surface area contributed by atoms with Crippen LogP contribution in [-0.4, -0.2) is 43.8 Å². The molecule has 1 saturated heterocycles. The second-order valence-corrected chi connectivity index (χ2v) is 8.54. The number of aromatic nitrogens is 4. The quantitative estimate of drug-likeness (QED) is 0.518. The van der Waals surface area contributed by atoms with Crippen molar-refractivity contribution in [3.8, 4) is 16.3 Å². The monoisotopic (exact) mass is 435 g/mol. The summed E-state index contributed by atoms with van der Waals surface area (Å²) in [6.45, 7) is 1.29. The Morgan fingerprint density at radius 1 is 1.16 bits per heavy atom. The lowest BCUT2D eigenvalue weighted by Crippen LogP contribution is -2.39. The summed E-state index contributed by atoms with van der Waals surface area (Å²) in [4.78, 5) is 26.8. The van der Waals surface area contributed by atoms with E-state index < -0.39 is 0 Å². The van der Waals surface area contributed by atoms with Crippen LogP contribution >= 0.6 is 11.3 Å². The normalized spacial score (nSPS) is 14.8. The Morgan fingerprint density at radius 3 is 2.71 bits per heavy atom. The number of benzene rings is 1. The van der Waals surface area contributed by atoms with Gasteiger partial charge >= 0.3 is 5.69 Å². The average Bonchev–Trinajstić information content (AvgIpc) is 3.56. The first-order valence-corrected chi connectivity index (χ1v) is 11.1. The molecule has 0 aliphatic carbocycles. The van der Waals surface area contributed by atoms with Crippen molar-refractivity contribution in [1.29, 1.82) is 0 Å². The number of H-pyrrole nitrogens is 1. The van der Waals surface area contributed by atoms with Gasteiger partial charge in [-0.1, -0.05) is 35.5 Å². The number of aromatic amines is 1. The first kappa shape index (κ1) is 19.5. The molecule has 1 fully saturated rings. The number of amides is 1. The average molecular weight is 436 g/mol. The van der Waals surface area contributed by atoms with Crippen molar-refractivity contribution in [2.24, 2.45) is 5.92 Å². The third-order valence-electron chi connectivity index (χ3n) is 5.63. The predicted molar refractivity (Wildman–Crippen MR) is 116 cm³/mol. The maximum Gasteiger partial charge on any atom is 0.348 e. The fraction of sp³-hybridized carbons (Fsp3) is 0.273. The van der Waals surface area contributed by atoms with E-state index in [0.717, 1.165) is 29.2 Å². The molecule has 158 valence electrons. The molecule has 0 saturated carbocycles. The number of carbonyl (C=O) groups excluding carboxylic acids is 1. The van der Waals surface area contributed by atoms with E-state index in [1.54, 1.807) is 10.6 Å². The highest BCUT2D eigenvalue weighted by molar-refractivity contribution is 7.12. The summed E-state index contributed by atoms with van der Waals surface area (Å²) >= 11 is 1.51. The zero-order chi connectivity index (χ0) is 21.2. The summed E-state index contributed by atoms with van der Waals surface area (Å²) in [7, 11) is 0. The Kier molecular flexibility index (Phi) is 5.25. The second kappa shape index (κ2) is 8.35. The zero-order valence-electron chi connectivity index (χ0n) is 16.7. The van der Waals surface area contributed by atoms with Crippen molar-refractivity contribution in [2.75, 3.05) is 13.1 Å². The van der Waals surface area contributed by atoms with E-state index in [2.05, 4.69) is 15.4 Å². The van der Waals surface area contributed by atoms with Crippen molar-refractivity contribution in [3.63, 3.8) is 0 Å². The number of carbonyl (C=O) groups is 1. The topological polar surface area (TPSA) is 97.0 Å². The highest BCUT2D eigenvalue weighted by Crippen LogP contribution is 2.25. The van der Waals surface area contributed by atoms with E-state index in [1.165, 1.54) is 11.3 Å². The summed E-state index contributed by atoms with van der Waals surface area (Å²) < 4.78 is 7.01. The van der Waals surface area contributed by atoms with Crippen LogP contribution in [0.1, 0.15) is 29.2 Å². The molecule has 4 heterocycles. The predicted octanol–water partition coefficient (Wildman–Crippen LogP) is 3.37. The van der Waals surface area contributed by atoms with Gasteiger partial charge in [-0.15, -0.1) is 11.3 Å². The molecule has 1 amide bonds. The maximum atomic E-state index is 12.9. The lowest BCUT2D eigenvalue weighted by Gasteiger charge is -2.31. The molecule has 3 aromatic heterocycles. The number of rotatable bonds is 5. The molecular weight excluding hydrogens is 414 g/mol. The van der Waals surface area contributed by atoms with Crippen molar-refractivity contribution >= 4 is 17.2 Å². The molecule has 0 unspecified atom stereocenters. The highest BCUT2D eigenvalue weighted by Gasteiger charge is 2.27. The van der Waals surface area contributed by atoms with E-state index in [1.807, 2.05) is 52.7 Å². The maximum absolute atomic E-state index is 12.9. The largest absolute Gasteiger partial charge is 0.355 e. The Labute approximate surface area is 182 Å². The molecule has 8 nitrogen and oxygen atoms in total. The number of nitrogens with one attached hydrogen (secondary N) is 1. The smallest absolute Gasteiger partial charge is 0.348 e. The molecule has 1 N–H and O–H groups in total. The molecule has 0 spiro atoms. The third-order valence-corrected chi connectivity index (χ3v) is 6.48. The first-order valence-electron chi connectivity index (χ1n) is 10.2. The molecule has 9 heteroatoms. The van der Waals surface area contributed by atoms with E-state index in [9.17, 15) is 9.59 Å². The minimum absolute atomic E-state index is 0.111. The summed E-state index contributed by atoms with van der Waals surface area (Å²) in [5.41, 5.74) is 1.00. The third kappa shape index (κ3) is 3.96. The molecule has 4 aromatic rings. The van der Waals surface area contributed by atoms with Crippen LogP contribution < -0.4 is 5.69 Å². The number of hydrogen-bond acceptors (Lipinski definition) is 6. The van der Waals surface area contributed by atoms with Crippen LogP contribution in [0.25, 0.3) is 16.3 Å². The number of hydrogen-bond donors (Lipinski definition) is 1. The van der Waals surface area contributed by atoms with Crippen molar-refractivity contribution in [3.05, 3.63) is 75.9 Å². The molecule has 0 radical (unpaired) electrons. The fourth-order valence-electron chi connectivity index (χ4n) is 3.97. The molecule has 0 bridgehead atoms. The Morgan fingerprint density at radius 2 is 1.97 bits per heavy atom. The standard InChI is InChI=1S/C22H21N5O3S/c28-21(17-14-18(30-25-17)16-5-2-1-3-6-16)26-10-8-15(9-11-26)13-19-23-24-22(29)27(19)20-7-4-12-31-20/h1-7,12,14-15H,8-11,13H2,(H,24,29). The van der Waals surface area contributed by atoms with Crippen molar-refractivity contribution < 1.29 is 9.32 Å². The lowest BCUT2D eigenvalue weighted by molar-refractivity contribution is 0.0679. The van der Waals surface area contributed by atoms with Gasteiger partial charge < -0.3 is 9.42 Å². The van der Waals surface area contributed by atoms with Crippen molar-refractivity contribution in [2.45, 2.75) is 19.3 Å². The molecule has 1 aromatic carbocycles. The van der Waals surface area contributed by atoms with E-state index >= 15 is 0 Å². The summed E-state index contributed by atoms with van der Waals surface area (Å²) in [5.74, 6) is 1.57. The summed E-state index contributed by atoms with van der Waals surface area (Å²) in [6, 6.07) is 15.1. The van der Waals surface area contributed by atoms with Crippen LogP contribution in [0.4, 0.5) is 0 Å². The van der Waals surface area contributed by atoms with Crippen LogP contribution in [0.5, 0.6) is 0 Å². The van der Waals surface area contributed by atoms with Gasteiger partial charge in [0.25, 0.3) is 5.91 Å². The van der Waals surface area contributed by atoms with Crippen LogP contribution in [0.3, 0.4) is 0 Å². The number of piperidine rings is 1. The Bertz CT molecular complexity index is 1220. The Balaban J connectivity index is 1.22. The van der Waals surface area contributed by atoms with Gasteiger partial charge in [0.05, 0.1) is 0 Å². The number of likely N-dealkylation sites (tertiary alicyclic amines) is 1. The lowest BCUT2D eigenvalue weighted by atomic mass is 9.93. The van der Waals surface area contributed by atoms with Crippen molar-refractivity contribution in [1.82, 2.24) is 24.8 Å². The molecule has 1 aliphatic rings. The Hall–Kier alpha value is -3.46. The molecule has 5 rings (SSSR count). The van der Waals surface area contributed by atoms with Gasteiger partial charge in [-0.05, 0) is 36.3 Å². The van der Waals surface area contributed by atoms with E-state index in [4.69, 9.17) is 4.52 Å². The molecule has 31 heavy (non-hydrogen) atoms. The fourth-order valence-corrected chi connectivity index (χ4v) is 4.71. The summed E-state index contributed by atoms with van der Waals surface area (Å²) in [5, 5.41) is 13.6. The van der Waals surface area contributed by atoms with Crippen LogP contribution in [0.2, 0.25) is 0 Å². The van der Waals surface area contributed by atoms with Crippen LogP contribution in [-0.2, 0) is 6.42 Å². The van der Waals surface area contributed by atoms with Gasteiger partial charge in [-0.2, -0.15) is 5.10 Å². The minimum atomic E-state index is -0.217. The number of nitrogens with zero attached hydrogens (tertiary/aromatic N) is 4. The van der Waals surface area contributed by atoms with E-state index in [0.29, 0.717) is 36.9 Å². The highest BCUT2D eigenvalue weighted by atomic mass is 32.1. The van der Waals surface area contributed by atoms with Gasteiger partial charge in [-0.3, -0.25) is 4.79 Å². The van der Waals surface area contributed by atoms with E-state index in [-0.39, 0.29) is 11.6 Å². The minimum Gasteiger partial charge on any atom is -0.355 e. The molecular formula is C22H21N5O3S. The van der Waals surface area contributed by atoms with Crippen LogP contribution in [0, 0.1) is 5.92 Å². The van der Waals surface area contributed by atoms with Gasteiger partial charge in [0.2, 0.25) is 0 Å². The zero-order valence-corrected chi connectivity index (χ0v) is 17.5.